The zero-order chi connectivity index (χ0) is 6.10. The Morgan fingerprint density at radius 3 is 3.44 bits per heavy atom. The molecule has 0 atom stereocenters. The van der Waals surface area contributed by atoms with E-state index in [9.17, 15) is 0 Å². The molecule has 0 bridgehead atoms. The third kappa shape index (κ3) is 0.614. The highest BCUT2D eigenvalue weighted by molar-refractivity contribution is 5.65. The van der Waals surface area contributed by atoms with E-state index in [1.165, 1.54) is 0 Å². The van der Waals surface area contributed by atoms with Crippen LogP contribution in [-0.2, 0) is 0 Å². The van der Waals surface area contributed by atoms with Gasteiger partial charge in [0.25, 0.3) is 0 Å². The molecule has 2 rings (SSSR count). The van der Waals surface area contributed by atoms with Crippen LogP contribution in [0.3, 0.4) is 0 Å². The Morgan fingerprint density at radius 2 is 2.56 bits per heavy atom. The Balaban J connectivity index is 2.53. The summed E-state index contributed by atoms with van der Waals surface area (Å²) in [7, 11) is 0. The summed E-state index contributed by atoms with van der Waals surface area (Å²) in [5, 5.41) is 9.92. The summed E-state index contributed by atoms with van der Waals surface area (Å²) in [6, 6.07) is 0. The Bertz CT molecular complexity index is 236. The molecule has 0 saturated carbocycles. The second-order valence-corrected chi connectivity index (χ2v) is 1.97. The Morgan fingerprint density at radius 1 is 1.56 bits per heavy atom. The van der Waals surface area contributed by atoms with Gasteiger partial charge in [-0.25, -0.2) is 0 Å². The first-order valence-electron chi connectivity index (χ1n) is 2.91. The number of anilines is 1. The molecule has 0 amide bonds. The molecular formula is C6H7N3. The molecule has 1 aliphatic rings. The number of nitrogens with zero attached hydrogens (tertiary/aromatic N) is 1. The van der Waals surface area contributed by atoms with Gasteiger partial charge in [0.15, 0.2) is 0 Å². The lowest BCUT2D eigenvalue weighted by atomic mass is 10.3. The number of aromatic nitrogens is 2. The van der Waals surface area contributed by atoms with Crippen LogP contribution >= 0.6 is 0 Å². The van der Waals surface area contributed by atoms with Gasteiger partial charge in [-0.1, -0.05) is 6.08 Å². The summed E-state index contributed by atoms with van der Waals surface area (Å²) in [4.78, 5) is 0. The zero-order valence-electron chi connectivity index (χ0n) is 4.89. The molecule has 3 nitrogen and oxygen atoms in total. The standard InChI is InChI=1S/C6H7N3/c1-2-5-6(7-3-1)4-8-9-5/h1-2,4,7H,3H2,(H,8,9). The minimum atomic E-state index is 0.909. The highest BCUT2D eigenvalue weighted by atomic mass is 15.1. The highest BCUT2D eigenvalue weighted by Crippen LogP contribution is 2.15. The average molecular weight is 121 g/mol. The van der Waals surface area contributed by atoms with Crippen LogP contribution in [0.1, 0.15) is 5.69 Å². The van der Waals surface area contributed by atoms with Crippen molar-refractivity contribution in [1.29, 1.82) is 0 Å². The van der Waals surface area contributed by atoms with Crippen LogP contribution in [0.5, 0.6) is 0 Å². The number of aromatic amines is 1. The minimum Gasteiger partial charge on any atom is -0.379 e. The molecular weight excluding hydrogens is 114 g/mol. The first-order valence-corrected chi connectivity index (χ1v) is 2.91. The van der Waals surface area contributed by atoms with Crippen molar-refractivity contribution >= 4 is 11.8 Å². The molecule has 0 aromatic carbocycles. The number of hydrogen-bond acceptors (Lipinski definition) is 2. The van der Waals surface area contributed by atoms with Crippen molar-refractivity contribution in [1.82, 2.24) is 10.2 Å². The van der Waals surface area contributed by atoms with E-state index in [0.29, 0.717) is 0 Å². The van der Waals surface area contributed by atoms with Crippen molar-refractivity contribution in [2.75, 3.05) is 11.9 Å². The van der Waals surface area contributed by atoms with E-state index in [1.54, 1.807) is 0 Å². The van der Waals surface area contributed by atoms with Crippen LogP contribution in [0.2, 0.25) is 0 Å². The Labute approximate surface area is 52.8 Å². The molecule has 2 heterocycles. The fourth-order valence-corrected chi connectivity index (χ4v) is 0.909. The third-order valence-corrected chi connectivity index (χ3v) is 1.36. The fraction of sp³-hybridized carbons (Fsp3) is 0.167. The van der Waals surface area contributed by atoms with Crippen LogP contribution in [0, 0.1) is 0 Å². The minimum absolute atomic E-state index is 0.909. The first kappa shape index (κ1) is 4.61. The van der Waals surface area contributed by atoms with Gasteiger partial charge in [-0.05, 0) is 6.08 Å². The Hall–Kier alpha value is -1.25. The average Bonchev–Trinajstić information content (AvgIpc) is 2.33. The lowest BCUT2D eigenvalue weighted by Crippen LogP contribution is -2.01. The van der Waals surface area contributed by atoms with Crippen molar-refractivity contribution < 1.29 is 0 Å². The second-order valence-electron chi connectivity index (χ2n) is 1.97. The second kappa shape index (κ2) is 1.62. The molecule has 0 saturated heterocycles. The summed E-state index contributed by atoms with van der Waals surface area (Å²) < 4.78 is 0. The predicted molar refractivity (Wildman–Crippen MR) is 36.1 cm³/mol. The van der Waals surface area contributed by atoms with E-state index in [1.807, 2.05) is 18.3 Å². The van der Waals surface area contributed by atoms with E-state index in [0.717, 1.165) is 17.9 Å². The SMILES string of the molecule is C1=Cc2n[nH]cc2NC1. The van der Waals surface area contributed by atoms with E-state index in [-0.39, 0.29) is 0 Å². The van der Waals surface area contributed by atoms with Crippen LogP contribution in [-0.4, -0.2) is 16.7 Å². The number of nitrogens with one attached hydrogen (secondary N) is 2. The van der Waals surface area contributed by atoms with Crippen molar-refractivity contribution in [3.8, 4) is 0 Å². The molecule has 0 fully saturated rings. The predicted octanol–water partition coefficient (Wildman–Crippen LogP) is 0.848. The maximum atomic E-state index is 3.98. The van der Waals surface area contributed by atoms with Gasteiger partial charge in [0.2, 0.25) is 0 Å². The van der Waals surface area contributed by atoms with Gasteiger partial charge in [-0.2, -0.15) is 5.10 Å². The lowest BCUT2D eigenvalue weighted by Gasteiger charge is -2.04. The van der Waals surface area contributed by atoms with E-state index in [2.05, 4.69) is 15.5 Å². The van der Waals surface area contributed by atoms with Crippen molar-refractivity contribution in [3.05, 3.63) is 18.0 Å². The smallest absolute Gasteiger partial charge is 0.108 e. The molecule has 1 aliphatic heterocycles. The van der Waals surface area contributed by atoms with Crippen LogP contribution < -0.4 is 5.32 Å². The molecule has 3 heteroatoms. The molecule has 9 heavy (non-hydrogen) atoms. The van der Waals surface area contributed by atoms with Crippen LogP contribution in [0.15, 0.2) is 12.3 Å². The molecule has 0 radical (unpaired) electrons. The lowest BCUT2D eigenvalue weighted by molar-refractivity contribution is 1.08. The van der Waals surface area contributed by atoms with E-state index >= 15 is 0 Å². The van der Waals surface area contributed by atoms with Gasteiger partial charge in [-0.15, -0.1) is 0 Å². The summed E-state index contributed by atoms with van der Waals surface area (Å²) in [5.41, 5.74) is 2.10. The summed E-state index contributed by atoms with van der Waals surface area (Å²) in [5.74, 6) is 0. The maximum absolute atomic E-state index is 3.98. The molecule has 0 aliphatic carbocycles. The molecule has 46 valence electrons. The topological polar surface area (TPSA) is 40.7 Å². The number of rotatable bonds is 0. The van der Waals surface area contributed by atoms with Crippen molar-refractivity contribution in [2.24, 2.45) is 0 Å². The fourth-order valence-electron chi connectivity index (χ4n) is 0.909. The molecule has 1 aromatic rings. The zero-order valence-corrected chi connectivity index (χ0v) is 4.89. The van der Waals surface area contributed by atoms with Crippen molar-refractivity contribution in [2.45, 2.75) is 0 Å². The normalized spacial score (nSPS) is 14.7. The van der Waals surface area contributed by atoms with Crippen molar-refractivity contribution in [3.63, 3.8) is 0 Å². The highest BCUT2D eigenvalue weighted by Gasteiger charge is 2.02. The van der Waals surface area contributed by atoms with Gasteiger partial charge < -0.3 is 5.32 Å². The van der Waals surface area contributed by atoms with E-state index in [4.69, 9.17) is 0 Å². The molecule has 1 aromatic heterocycles. The number of hydrogen-bond donors (Lipinski definition) is 2. The van der Waals surface area contributed by atoms with Gasteiger partial charge in [0.1, 0.15) is 5.69 Å². The van der Waals surface area contributed by atoms with Crippen LogP contribution in [0.25, 0.3) is 6.08 Å². The van der Waals surface area contributed by atoms with Gasteiger partial charge in [0, 0.05) is 12.7 Å². The quantitative estimate of drug-likeness (QED) is 0.534. The maximum Gasteiger partial charge on any atom is 0.108 e. The summed E-state index contributed by atoms with van der Waals surface area (Å²) in [6.07, 6.45) is 5.91. The molecule has 0 unspecified atom stereocenters. The number of H-pyrrole nitrogens is 1. The largest absolute Gasteiger partial charge is 0.379 e. The monoisotopic (exact) mass is 121 g/mol. The first-order chi connectivity index (χ1) is 4.47. The van der Waals surface area contributed by atoms with Crippen LogP contribution in [0.4, 0.5) is 5.69 Å². The molecule has 0 spiro atoms. The Kier molecular flexibility index (Phi) is 0.828. The van der Waals surface area contributed by atoms with E-state index < -0.39 is 0 Å². The van der Waals surface area contributed by atoms with Gasteiger partial charge in [-0.3, -0.25) is 5.10 Å². The van der Waals surface area contributed by atoms with Gasteiger partial charge >= 0.3 is 0 Å². The number of fused-ring (bicyclic) bond motifs is 1. The third-order valence-electron chi connectivity index (χ3n) is 1.36. The van der Waals surface area contributed by atoms with Gasteiger partial charge in [0.05, 0.1) is 5.69 Å². The summed E-state index contributed by atoms with van der Waals surface area (Å²) >= 11 is 0. The summed E-state index contributed by atoms with van der Waals surface area (Å²) in [6.45, 7) is 0.909. The molecule has 2 N–H and O–H groups in total.